The molecule has 0 radical (unpaired) electrons. The van der Waals surface area contributed by atoms with Gasteiger partial charge in [0.2, 0.25) is 0 Å². The van der Waals surface area contributed by atoms with Gasteiger partial charge in [0.05, 0.1) is 44.7 Å². The van der Waals surface area contributed by atoms with Gasteiger partial charge in [0.1, 0.15) is 0 Å². The molecule has 4 heterocycles. The third kappa shape index (κ3) is 5.23. The maximum Gasteiger partial charge on any atom is 0.161 e. The van der Waals surface area contributed by atoms with Crippen molar-refractivity contribution in [3.05, 3.63) is 218 Å². The molecule has 15 aromatic rings. The van der Waals surface area contributed by atoms with E-state index in [2.05, 4.69) is 228 Å². The molecule has 0 saturated carbocycles. The average molecular weight is 869 g/mol. The Morgan fingerprint density at radius 1 is 0.313 bits per heavy atom. The first-order chi connectivity index (χ1) is 33.2. The number of thiophene rings is 1. The summed E-state index contributed by atoms with van der Waals surface area (Å²) in [5, 5.41) is 15.7. The second kappa shape index (κ2) is 13.9. The van der Waals surface area contributed by atoms with Crippen LogP contribution in [0.3, 0.4) is 0 Å². The van der Waals surface area contributed by atoms with Crippen LogP contribution in [0.2, 0.25) is 0 Å². The molecule has 0 aliphatic rings. The average Bonchev–Trinajstić information content (AvgIpc) is 4.05. The first-order valence-electron chi connectivity index (χ1n) is 22.8. The fourth-order valence-corrected chi connectivity index (χ4v) is 12.4. The van der Waals surface area contributed by atoms with Crippen molar-refractivity contribution in [2.45, 2.75) is 0 Å². The molecule has 5 heteroatoms. The highest BCUT2D eigenvalue weighted by atomic mass is 32.1. The van der Waals surface area contributed by atoms with Crippen LogP contribution in [-0.2, 0) is 0 Å². The van der Waals surface area contributed by atoms with E-state index in [0.29, 0.717) is 0 Å². The lowest BCUT2D eigenvalue weighted by atomic mass is 9.97. The quantitative estimate of drug-likeness (QED) is 0.177. The van der Waals surface area contributed by atoms with Crippen molar-refractivity contribution in [3.8, 4) is 34.0 Å². The van der Waals surface area contributed by atoms with Crippen LogP contribution < -0.4 is 0 Å². The van der Waals surface area contributed by atoms with Crippen LogP contribution >= 0.6 is 11.3 Å². The number of para-hydroxylation sites is 3. The molecule has 0 atom stereocenters. The van der Waals surface area contributed by atoms with Crippen molar-refractivity contribution in [1.82, 2.24) is 19.1 Å². The first kappa shape index (κ1) is 36.7. The van der Waals surface area contributed by atoms with Crippen LogP contribution in [0, 0.1) is 0 Å². The van der Waals surface area contributed by atoms with Crippen molar-refractivity contribution in [3.63, 3.8) is 0 Å². The predicted molar refractivity (Wildman–Crippen MR) is 284 cm³/mol. The smallest absolute Gasteiger partial charge is 0.161 e. The van der Waals surface area contributed by atoms with Gasteiger partial charge >= 0.3 is 0 Å². The van der Waals surface area contributed by atoms with Crippen molar-refractivity contribution in [2.24, 2.45) is 0 Å². The molecule has 0 bridgehead atoms. The highest BCUT2D eigenvalue weighted by molar-refractivity contribution is 7.25. The summed E-state index contributed by atoms with van der Waals surface area (Å²) in [6.07, 6.45) is 0. The standard InChI is InChI=1S/C62H36N4S/c1-2-17-39-37(15-1)33-34-55-59(39)45-20-5-9-28-53(45)65(55)54-29-11-16-38-35-49-42-18-4-8-27-51(42)66(56(49)36-48(38)54)52-30-13-22-40-41(52)23-12-24-43(40)61-44-19-3-7-26-50(44)63-62(64-61)47-25-14-32-58-60(47)46-21-6-10-31-57(46)67-58/h1-36H. The van der Waals surface area contributed by atoms with E-state index in [9.17, 15) is 0 Å². The summed E-state index contributed by atoms with van der Waals surface area (Å²) in [5.74, 6) is 0.734. The van der Waals surface area contributed by atoms with Gasteiger partial charge in [0, 0.05) is 69.0 Å². The largest absolute Gasteiger partial charge is 0.309 e. The van der Waals surface area contributed by atoms with Crippen molar-refractivity contribution < 1.29 is 0 Å². The second-order valence-corrected chi connectivity index (χ2v) is 18.7. The molecule has 0 N–H and O–H groups in total. The summed E-state index contributed by atoms with van der Waals surface area (Å²) in [4.78, 5) is 10.8. The lowest BCUT2D eigenvalue weighted by Crippen LogP contribution is -1.99. The molecule has 4 aromatic heterocycles. The minimum atomic E-state index is 0.734. The fourth-order valence-electron chi connectivity index (χ4n) is 11.2. The Bertz CT molecular complexity index is 4590. The Morgan fingerprint density at radius 2 is 0.925 bits per heavy atom. The van der Waals surface area contributed by atoms with Crippen LogP contribution in [0.1, 0.15) is 0 Å². The number of rotatable bonds is 4. The van der Waals surface area contributed by atoms with Crippen LogP contribution in [0.5, 0.6) is 0 Å². The molecule has 11 aromatic carbocycles. The molecule has 4 nitrogen and oxygen atoms in total. The Kier molecular flexibility index (Phi) is 7.63. The Balaban J connectivity index is 0.982. The van der Waals surface area contributed by atoms with Gasteiger partial charge in [-0.3, -0.25) is 0 Å². The molecule has 0 spiro atoms. The van der Waals surface area contributed by atoms with Gasteiger partial charge < -0.3 is 9.13 Å². The third-order valence-corrected chi connectivity index (χ3v) is 15.2. The molecular weight excluding hydrogens is 833 g/mol. The van der Waals surface area contributed by atoms with Crippen LogP contribution in [0.15, 0.2) is 218 Å². The minimum Gasteiger partial charge on any atom is -0.309 e. The minimum absolute atomic E-state index is 0.734. The molecule has 0 aliphatic heterocycles. The van der Waals surface area contributed by atoms with Crippen LogP contribution in [0.4, 0.5) is 0 Å². The van der Waals surface area contributed by atoms with Gasteiger partial charge in [-0.05, 0) is 82.2 Å². The zero-order valence-electron chi connectivity index (χ0n) is 36.0. The predicted octanol–water partition coefficient (Wildman–Crippen LogP) is 17.0. The molecule has 0 amide bonds. The van der Waals surface area contributed by atoms with E-state index < -0.39 is 0 Å². The normalized spacial score (nSPS) is 12.2. The SMILES string of the molecule is c1cc(-n2c3ccccc3c3c4ccccc4ccc32)c2cc3c(cc2c1)c1ccccc1n3-c1cccc2c(-c3nc(-c4cccc5sc6ccccc6c45)nc4ccccc34)cccc12. The molecule has 0 unspecified atom stereocenters. The number of hydrogen-bond donors (Lipinski definition) is 0. The number of hydrogen-bond acceptors (Lipinski definition) is 3. The number of aromatic nitrogens is 4. The van der Waals surface area contributed by atoms with E-state index in [0.717, 1.165) is 61.2 Å². The summed E-state index contributed by atoms with van der Waals surface area (Å²) in [6.45, 7) is 0. The first-order valence-corrected chi connectivity index (χ1v) is 23.6. The van der Waals surface area contributed by atoms with Crippen LogP contribution in [-0.4, -0.2) is 19.1 Å². The van der Waals surface area contributed by atoms with Gasteiger partial charge in [-0.1, -0.05) is 158 Å². The van der Waals surface area contributed by atoms with E-state index in [1.807, 2.05) is 11.3 Å². The lowest BCUT2D eigenvalue weighted by molar-refractivity contribution is 1.19. The van der Waals surface area contributed by atoms with Gasteiger partial charge in [0.25, 0.3) is 0 Å². The van der Waals surface area contributed by atoms with Crippen LogP contribution in [0.25, 0.3) is 141 Å². The number of fused-ring (bicyclic) bond motifs is 14. The molecule has 15 rings (SSSR count). The summed E-state index contributed by atoms with van der Waals surface area (Å²) < 4.78 is 7.46. The molecular formula is C62H36N4S. The maximum absolute atomic E-state index is 5.53. The molecule has 0 saturated heterocycles. The zero-order valence-corrected chi connectivity index (χ0v) is 36.8. The topological polar surface area (TPSA) is 35.6 Å². The van der Waals surface area contributed by atoms with E-state index >= 15 is 0 Å². The summed E-state index contributed by atoms with van der Waals surface area (Å²) in [5.41, 5.74) is 11.0. The summed E-state index contributed by atoms with van der Waals surface area (Å²) in [7, 11) is 0. The highest BCUT2D eigenvalue weighted by Crippen LogP contribution is 2.44. The molecule has 0 aliphatic carbocycles. The van der Waals surface area contributed by atoms with Gasteiger partial charge in [-0.2, -0.15) is 0 Å². The molecule has 0 fully saturated rings. The lowest BCUT2D eigenvalue weighted by Gasteiger charge is -2.16. The fraction of sp³-hybridized carbons (Fsp3) is 0. The van der Waals surface area contributed by atoms with Crippen molar-refractivity contribution >= 4 is 118 Å². The Morgan fingerprint density at radius 3 is 1.82 bits per heavy atom. The Hall–Kier alpha value is -8.64. The van der Waals surface area contributed by atoms with Gasteiger partial charge in [0.15, 0.2) is 5.82 Å². The maximum atomic E-state index is 5.53. The second-order valence-electron chi connectivity index (χ2n) is 17.6. The van der Waals surface area contributed by atoms with Crippen molar-refractivity contribution in [1.29, 1.82) is 0 Å². The number of nitrogens with zero attached hydrogens (tertiary/aromatic N) is 4. The van der Waals surface area contributed by atoms with Crippen molar-refractivity contribution in [2.75, 3.05) is 0 Å². The molecule has 310 valence electrons. The van der Waals surface area contributed by atoms with E-state index in [1.54, 1.807) is 0 Å². The monoisotopic (exact) mass is 868 g/mol. The Labute approximate surface area is 387 Å². The summed E-state index contributed by atoms with van der Waals surface area (Å²) in [6, 6.07) is 79.7. The molecule has 67 heavy (non-hydrogen) atoms. The van der Waals surface area contributed by atoms with Gasteiger partial charge in [-0.25, -0.2) is 9.97 Å². The highest BCUT2D eigenvalue weighted by Gasteiger charge is 2.22. The van der Waals surface area contributed by atoms with E-state index in [4.69, 9.17) is 9.97 Å². The van der Waals surface area contributed by atoms with E-state index in [-0.39, 0.29) is 0 Å². The summed E-state index contributed by atoms with van der Waals surface area (Å²) >= 11 is 1.82. The van der Waals surface area contributed by atoms with E-state index in [1.165, 1.54) is 79.8 Å². The van der Waals surface area contributed by atoms with Gasteiger partial charge in [-0.15, -0.1) is 11.3 Å². The zero-order chi connectivity index (χ0) is 43.7. The number of benzene rings is 11. The third-order valence-electron chi connectivity index (χ3n) is 14.1.